The van der Waals surface area contributed by atoms with E-state index in [0.29, 0.717) is 30.1 Å². The fourth-order valence-corrected chi connectivity index (χ4v) is 3.43. The number of thiophene rings is 1. The Morgan fingerprint density at radius 1 is 1.65 bits per heavy atom. The van der Waals surface area contributed by atoms with Crippen molar-refractivity contribution in [3.05, 3.63) is 16.5 Å². The highest BCUT2D eigenvalue weighted by molar-refractivity contribution is 7.18. The average molecular weight is 336 g/mol. The van der Waals surface area contributed by atoms with Crippen molar-refractivity contribution in [1.29, 1.82) is 5.26 Å². The summed E-state index contributed by atoms with van der Waals surface area (Å²) in [6.45, 7) is 4.98. The van der Waals surface area contributed by atoms with Gasteiger partial charge >= 0.3 is 5.97 Å². The number of amides is 1. The lowest BCUT2D eigenvalue weighted by Crippen LogP contribution is -2.44. The number of ether oxygens (including phenoxy) is 1. The third-order valence-corrected chi connectivity index (χ3v) is 4.72. The van der Waals surface area contributed by atoms with E-state index in [-0.39, 0.29) is 11.9 Å². The predicted octanol–water partition coefficient (Wildman–Crippen LogP) is 0.839. The second-order valence-electron chi connectivity index (χ2n) is 5.39. The molecule has 1 fully saturated rings. The zero-order valence-electron chi connectivity index (χ0n) is 13.2. The molecule has 1 aromatic rings. The van der Waals surface area contributed by atoms with Crippen LogP contribution in [0.15, 0.2) is 6.07 Å². The first-order valence-electron chi connectivity index (χ1n) is 7.48. The molecule has 0 bridgehead atoms. The lowest BCUT2D eigenvalue weighted by molar-refractivity contribution is -0.122. The number of nitrogens with one attached hydrogen (secondary N) is 1. The van der Waals surface area contributed by atoms with Gasteiger partial charge in [0.25, 0.3) is 0 Å². The lowest BCUT2D eigenvalue weighted by Gasteiger charge is -2.18. The molecule has 0 spiro atoms. The Kier molecular flexibility index (Phi) is 5.58. The van der Waals surface area contributed by atoms with E-state index in [2.05, 4.69) is 11.4 Å². The number of nitrogens with two attached hydrogens (primary N) is 1. The first-order valence-corrected chi connectivity index (χ1v) is 8.29. The molecule has 0 saturated carbocycles. The minimum Gasteiger partial charge on any atom is -0.462 e. The van der Waals surface area contributed by atoms with Crippen LogP contribution in [0.5, 0.6) is 0 Å². The van der Waals surface area contributed by atoms with Gasteiger partial charge in [-0.15, -0.1) is 11.3 Å². The van der Waals surface area contributed by atoms with E-state index in [1.54, 1.807) is 19.9 Å². The predicted molar refractivity (Wildman–Crippen MR) is 87.4 cm³/mol. The Bertz CT molecular complexity index is 635. The fraction of sp³-hybridized carbons (Fsp3) is 0.533. The van der Waals surface area contributed by atoms with Gasteiger partial charge in [-0.1, -0.05) is 0 Å². The normalized spacial score (nSPS) is 18.3. The van der Waals surface area contributed by atoms with Crippen molar-refractivity contribution >= 4 is 28.2 Å². The van der Waals surface area contributed by atoms with Gasteiger partial charge in [-0.05, 0) is 26.3 Å². The average Bonchev–Trinajstić information content (AvgIpc) is 3.13. The van der Waals surface area contributed by atoms with Gasteiger partial charge in [-0.3, -0.25) is 4.79 Å². The van der Waals surface area contributed by atoms with Crippen LogP contribution in [0, 0.1) is 11.3 Å². The van der Waals surface area contributed by atoms with Crippen LogP contribution in [-0.4, -0.2) is 43.7 Å². The summed E-state index contributed by atoms with van der Waals surface area (Å²) in [5.41, 5.74) is 6.01. The molecule has 0 unspecified atom stereocenters. The summed E-state index contributed by atoms with van der Waals surface area (Å²) in [5.74, 6) is -0.600. The highest BCUT2D eigenvalue weighted by Crippen LogP contribution is 2.33. The Balaban J connectivity index is 2.09. The van der Waals surface area contributed by atoms with Gasteiger partial charge in [0, 0.05) is 19.1 Å². The molecular weight excluding hydrogens is 316 g/mol. The molecule has 1 saturated heterocycles. The van der Waals surface area contributed by atoms with E-state index < -0.39 is 12.0 Å². The summed E-state index contributed by atoms with van der Waals surface area (Å²) in [5, 5.41) is 12.9. The number of carbonyl (C=O) groups is 2. The standard InChI is InChI=1S/C15H20N4O3S/c1-3-22-15(21)12-6-10(7-16)14(23-12)19-5-4-11(8-19)18-13(20)9(2)17/h6,9,11H,3-5,8,17H2,1-2H3,(H,18,20)/t9-,11-/m0/s1. The number of nitrogens with zero attached hydrogens (tertiary/aromatic N) is 2. The first kappa shape index (κ1) is 17.2. The quantitative estimate of drug-likeness (QED) is 0.771. The van der Waals surface area contributed by atoms with E-state index in [1.807, 2.05) is 4.90 Å². The summed E-state index contributed by atoms with van der Waals surface area (Å²) in [4.78, 5) is 25.9. The maximum absolute atomic E-state index is 11.8. The number of hydrogen-bond donors (Lipinski definition) is 2. The molecule has 124 valence electrons. The smallest absolute Gasteiger partial charge is 0.348 e. The summed E-state index contributed by atoms with van der Waals surface area (Å²) < 4.78 is 4.98. The van der Waals surface area contributed by atoms with E-state index >= 15 is 0 Å². The number of esters is 1. The third kappa shape index (κ3) is 4.00. The lowest BCUT2D eigenvalue weighted by atomic mass is 10.2. The zero-order valence-corrected chi connectivity index (χ0v) is 14.0. The van der Waals surface area contributed by atoms with Crippen LogP contribution in [0.3, 0.4) is 0 Å². The minimum absolute atomic E-state index is 0.00631. The molecule has 1 aromatic heterocycles. The van der Waals surface area contributed by atoms with Gasteiger partial charge in [0.1, 0.15) is 15.9 Å². The van der Waals surface area contributed by atoms with Gasteiger partial charge in [-0.2, -0.15) is 5.26 Å². The van der Waals surface area contributed by atoms with Crippen molar-refractivity contribution in [2.75, 3.05) is 24.6 Å². The Morgan fingerprint density at radius 2 is 2.39 bits per heavy atom. The van der Waals surface area contributed by atoms with Crippen molar-refractivity contribution < 1.29 is 14.3 Å². The number of rotatable bonds is 5. The highest BCUT2D eigenvalue weighted by Gasteiger charge is 2.28. The summed E-state index contributed by atoms with van der Waals surface area (Å²) in [6, 6.07) is 3.13. The topological polar surface area (TPSA) is 108 Å². The highest BCUT2D eigenvalue weighted by atomic mass is 32.1. The molecule has 3 N–H and O–H groups in total. The fourth-order valence-electron chi connectivity index (χ4n) is 2.39. The van der Waals surface area contributed by atoms with Gasteiger partial charge < -0.3 is 20.7 Å². The molecule has 0 radical (unpaired) electrons. The number of nitriles is 1. The van der Waals surface area contributed by atoms with Gasteiger partial charge in [0.05, 0.1) is 18.2 Å². The van der Waals surface area contributed by atoms with E-state index in [9.17, 15) is 14.9 Å². The largest absolute Gasteiger partial charge is 0.462 e. The maximum Gasteiger partial charge on any atom is 0.348 e. The van der Waals surface area contributed by atoms with E-state index in [1.165, 1.54) is 11.3 Å². The van der Waals surface area contributed by atoms with Crippen molar-refractivity contribution in [2.45, 2.75) is 32.4 Å². The molecule has 1 amide bonds. The second kappa shape index (κ2) is 7.44. The Labute approximate surface area is 139 Å². The zero-order chi connectivity index (χ0) is 17.0. The molecule has 7 nitrogen and oxygen atoms in total. The SMILES string of the molecule is CCOC(=O)c1cc(C#N)c(N2CC[C@H](NC(=O)[C@H](C)N)C2)s1. The van der Waals surface area contributed by atoms with Crippen molar-refractivity contribution in [3.8, 4) is 6.07 Å². The molecule has 2 rings (SSSR count). The van der Waals surface area contributed by atoms with E-state index in [4.69, 9.17) is 10.5 Å². The Morgan fingerprint density at radius 3 is 3.00 bits per heavy atom. The van der Waals surface area contributed by atoms with Crippen LogP contribution in [0.4, 0.5) is 5.00 Å². The molecule has 1 aliphatic heterocycles. The molecular formula is C15H20N4O3S. The van der Waals surface area contributed by atoms with Crippen LogP contribution >= 0.6 is 11.3 Å². The van der Waals surface area contributed by atoms with Crippen molar-refractivity contribution in [2.24, 2.45) is 5.73 Å². The molecule has 2 heterocycles. The van der Waals surface area contributed by atoms with Crippen molar-refractivity contribution in [3.63, 3.8) is 0 Å². The number of carbonyl (C=O) groups excluding carboxylic acids is 2. The van der Waals surface area contributed by atoms with Gasteiger partial charge in [-0.25, -0.2) is 4.79 Å². The molecule has 8 heteroatoms. The van der Waals surface area contributed by atoms with Crippen LogP contribution in [0.1, 0.15) is 35.5 Å². The van der Waals surface area contributed by atoms with Crippen LogP contribution in [-0.2, 0) is 9.53 Å². The van der Waals surface area contributed by atoms with Crippen LogP contribution < -0.4 is 16.0 Å². The van der Waals surface area contributed by atoms with E-state index in [0.717, 1.165) is 11.4 Å². The molecule has 2 atom stereocenters. The van der Waals surface area contributed by atoms with Gasteiger partial charge in [0.15, 0.2) is 0 Å². The molecule has 23 heavy (non-hydrogen) atoms. The number of hydrogen-bond acceptors (Lipinski definition) is 7. The minimum atomic E-state index is -0.545. The van der Waals surface area contributed by atoms with Gasteiger partial charge in [0.2, 0.25) is 5.91 Å². The summed E-state index contributed by atoms with van der Waals surface area (Å²) >= 11 is 1.25. The molecule has 0 aromatic carbocycles. The summed E-state index contributed by atoms with van der Waals surface area (Å²) in [7, 11) is 0. The number of anilines is 1. The first-order chi connectivity index (χ1) is 11.0. The monoisotopic (exact) mass is 336 g/mol. The maximum atomic E-state index is 11.8. The molecule has 1 aliphatic rings. The third-order valence-electron chi connectivity index (χ3n) is 3.54. The molecule has 0 aliphatic carbocycles. The van der Waals surface area contributed by atoms with Crippen LogP contribution in [0.2, 0.25) is 0 Å². The summed E-state index contributed by atoms with van der Waals surface area (Å²) in [6.07, 6.45) is 0.774. The van der Waals surface area contributed by atoms with Crippen LogP contribution in [0.25, 0.3) is 0 Å². The second-order valence-corrected chi connectivity index (χ2v) is 6.42. The Hall–Kier alpha value is -2.11. The van der Waals surface area contributed by atoms with Crippen molar-refractivity contribution in [1.82, 2.24) is 5.32 Å².